The van der Waals surface area contributed by atoms with Gasteiger partial charge in [0, 0.05) is 6.54 Å². The van der Waals surface area contributed by atoms with Crippen LogP contribution in [0.15, 0.2) is 48.5 Å². The number of halogens is 2. The summed E-state index contributed by atoms with van der Waals surface area (Å²) in [6.07, 6.45) is 5.98. The molecule has 0 atom stereocenters. The molecular formula is C22H29ClFNO. The van der Waals surface area contributed by atoms with Gasteiger partial charge in [-0.2, -0.15) is 0 Å². The Morgan fingerprint density at radius 1 is 1.00 bits per heavy atom. The highest BCUT2D eigenvalue weighted by Gasteiger charge is 2.18. The zero-order chi connectivity index (χ0) is 17.5. The van der Waals surface area contributed by atoms with Crippen LogP contribution in [0.3, 0.4) is 0 Å². The van der Waals surface area contributed by atoms with Crippen molar-refractivity contribution >= 4 is 12.4 Å². The minimum atomic E-state index is -0.152. The van der Waals surface area contributed by atoms with Crippen LogP contribution in [0, 0.1) is 11.7 Å². The van der Waals surface area contributed by atoms with Crippen molar-refractivity contribution in [2.45, 2.75) is 32.1 Å². The van der Waals surface area contributed by atoms with Crippen molar-refractivity contribution in [1.29, 1.82) is 0 Å². The monoisotopic (exact) mass is 377 g/mol. The highest BCUT2D eigenvalue weighted by molar-refractivity contribution is 5.85. The third-order valence-electron chi connectivity index (χ3n) is 5.31. The molecule has 26 heavy (non-hydrogen) atoms. The van der Waals surface area contributed by atoms with Gasteiger partial charge in [-0.1, -0.05) is 24.3 Å². The average Bonchev–Trinajstić information content (AvgIpc) is 2.67. The molecule has 0 aliphatic carbocycles. The van der Waals surface area contributed by atoms with Crippen molar-refractivity contribution in [2.75, 3.05) is 26.7 Å². The molecule has 0 N–H and O–H groups in total. The molecule has 1 saturated heterocycles. The summed E-state index contributed by atoms with van der Waals surface area (Å²) in [4.78, 5) is 2.55. The molecule has 1 aliphatic heterocycles. The maximum absolute atomic E-state index is 12.9. The lowest BCUT2D eigenvalue weighted by Crippen LogP contribution is -2.35. The van der Waals surface area contributed by atoms with Gasteiger partial charge >= 0.3 is 0 Å². The third kappa shape index (κ3) is 6.30. The molecule has 3 rings (SSSR count). The maximum Gasteiger partial charge on any atom is 0.123 e. The Labute approximate surface area is 162 Å². The molecule has 1 heterocycles. The summed E-state index contributed by atoms with van der Waals surface area (Å²) < 4.78 is 18.2. The van der Waals surface area contributed by atoms with Gasteiger partial charge in [0.1, 0.15) is 11.6 Å². The number of rotatable bonds is 7. The number of hydrogen-bond donors (Lipinski definition) is 0. The van der Waals surface area contributed by atoms with E-state index in [1.54, 1.807) is 19.2 Å². The fraction of sp³-hybridized carbons (Fsp3) is 0.455. The van der Waals surface area contributed by atoms with Crippen LogP contribution in [0.2, 0.25) is 0 Å². The van der Waals surface area contributed by atoms with Crippen LogP contribution < -0.4 is 4.74 Å². The molecule has 1 fully saturated rings. The molecule has 0 spiro atoms. The van der Waals surface area contributed by atoms with Crippen molar-refractivity contribution in [3.05, 3.63) is 65.5 Å². The van der Waals surface area contributed by atoms with E-state index < -0.39 is 0 Å². The maximum atomic E-state index is 12.9. The number of benzene rings is 2. The Balaban J connectivity index is 0.00000243. The largest absolute Gasteiger partial charge is 0.497 e. The van der Waals surface area contributed by atoms with Crippen LogP contribution in [-0.2, 0) is 12.8 Å². The van der Waals surface area contributed by atoms with E-state index in [0.29, 0.717) is 0 Å². The zero-order valence-corrected chi connectivity index (χ0v) is 16.3. The van der Waals surface area contributed by atoms with Gasteiger partial charge in [0.15, 0.2) is 0 Å². The van der Waals surface area contributed by atoms with E-state index in [2.05, 4.69) is 23.1 Å². The molecule has 2 aromatic carbocycles. The van der Waals surface area contributed by atoms with E-state index in [1.807, 2.05) is 18.2 Å². The zero-order valence-electron chi connectivity index (χ0n) is 15.5. The van der Waals surface area contributed by atoms with Crippen LogP contribution in [0.5, 0.6) is 5.75 Å². The molecule has 2 aromatic rings. The van der Waals surface area contributed by atoms with Gasteiger partial charge in [-0.05, 0) is 86.5 Å². The molecule has 142 valence electrons. The second kappa shape index (κ2) is 10.5. The molecule has 1 aliphatic rings. The highest BCUT2D eigenvalue weighted by atomic mass is 35.5. The van der Waals surface area contributed by atoms with Gasteiger partial charge < -0.3 is 9.64 Å². The average molecular weight is 378 g/mol. The third-order valence-corrected chi connectivity index (χ3v) is 5.31. The minimum Gasteiger partial charge on any atom is -0.497 e. The first kappa shape index (κ1) is 20.7. The lowest BCUT2D eigenvalue weighted by molar-refractivity contribution is 0.181. The molecule has 0 amide bonds. The first-order valence-corrected chi connectivity index (χ1v) is 9.32. The van der Waals surface area contributed by atoms with E-state index in [4.69, 9.17) is 4.74 Å². The van der Waals surface area contributed by atoms with Crippen LogP contribution in [0.4, 0.5) is 4.39 Å². The summed E-state index contributed by atoms with van der Waals surface area (Å²) in [6, 6.07) is 15.3. The van der Waals surface area contributed by atoms with Gasteiger partial charge in [-0.25, -0.2) is 4.39 Å². The van der Waals surface area contributed by atoms with E-state index in [0.717, 1.165) is 31.1 Å². The summed E-state index contributed by atoms with van der Waals surface area (Å²) in [5, 5.41) is 0. The Morgan fingerprint density at radius 3 is 2.42 bits per heavy atom. The van der Waals surface area contributed by atoms with Crippen LogP contribution >= 0.6 is 12.4 Å². The number of ether oxygens (including phenoxy) is 1. The number of piperidine rings is 1. The lowest BCUT2D eigenvalue weighted by Gasteiger charge is -2.32. The molecule has 0 aromatic heterocycles. The second-order valence-electron chi connectivity index (χ2n) is 7.05. The predicted octanol–water partition coefficient (Wildman–Crippen LogP) is 5.14. The predicted molar refractivity (Wildman–Crippen MR) is 108 cm³/mol. The summed E-state index contributed by atoms with van der Waals surface area (Å²) >= 11 is 0. The van der Waals surface area contributed by atoms with Crippen molar-refractivity contribution in [3.8, 4) is 5.75 Å². The van der Waals surface area contributed by atoms with E-state index in [9.17, 15) is 4.39 Å². The van der Waals surface area contributed by atoms with Gasteiger partial charge in [0.2, 0.25) is 0 Å². The summed E-state index contributed by atoms with van der Waals surface area (Å²) in [6.45, 7) is 3.45. The minimum absolute atomic E-state index is 0. The molecular weight excluding hydrogens is 349 g/mol. The standard InChI is InChI=1S/C22H28FNO.ClH/c1-25-22-4-2-3-20(17-22)6-5-19-12-15-24(16-13-19)14-11-18-7-9-21(23)10-8-18;/h2-4,7-10,17,19H,5-6,11-16H2,1H3;1H. The van der Waals surface area contributed by atoms with Gasteiger partial charge in [0.25, 0.3) is 0 Å². The quantitative estimate of drug-likeness (QED) is 0.662. The first-order chi connectivity index (χ1) is 12.2. The number of nitrogens with zero attached hydrogens (tertiary/aromatic N) is 1. The Hall–Kier alpha value is -1.58. The van der Waals surface area contributed by atoms with Crippen molar-refractivity contribution in [3.63, 3.8) is 0 Å². The molecule has 4 heteroatoms. The summed E-state index contributed by atoms with van der Waals surface area (Å²) in [5.41, 5.74) is 2.60. The smallest absolute Gasteiger partial charge is 0.123 e. The van der Waals surface area contributed by atoms with Gasteiger partial charge in [0.05, 0.1) is 7.11 Å². The normalized spacial score (nSPS) is 15.5. The fourth-order valence-corrected chi connectivity index (χ4v) is 3.64. The van der Waals surface area contributed by atoms with Crippen molar-refractivity contribution in [1.82, 2.24) is 4.90 Å². The van der Waals surface area contributed by atoms with Crippen molar-refractivity contribution in [2.24, 2.45) is 5.92 Å². The summed E-state index contributed by atoms with van der Waals surface area (Å²) in [5.74, 6) is 1.63. The van der Waals surface area contributed by atoms with Crippen LogP contribution in [0.25, 0.3) is 0 Å². The molecule has 2 nitrogen and oxygen atoms in total. The Kier molecular flexibility index (Phi) is 8.40. The Bertz CT molecular complexity index is 653. The van der Waals surface area contributed by atoms with Crippen LogP contribution in [0.1, 0.15) is 30.4 Å². The highest BCUT2D eigenvalue weighted by Crippen LogP contribution is 2.23. The second-order valence-corrected chi connectivity index (χ2v) is 7.05. The summed E-state index contributed by atoms with van der Waals surface area (Å²) in [7, 11) is 1.72. The topological polar surface area (TPSA) is 12.5 Å². The fourth-order valence-electron chi connectivity index (χ4n) is 3.64. The van der Waals surface area contributed by atoms with E-state index in [-0.39, 0.29) is 18.2 Å². The molecule has 0 radical (unpaired) electrons. The van der Waals surface area contributed by atoms with Gasteiger partial charge in [-0.3, -0.25) is 0 Å². The number of hydrogen-bond acceptors (Lipinski definition) is 2. The van der Waals surface area contributed by atoms with Gasteiger partial charge in [-0.15, -0.1) is 12.4 Å². The number of likely N-dealkylation sites (tertiary alicyclic amines) is 1. The molecule has 0 unspecified atom stereocenters. The van der Waals surface area contributed by atoms with E-state index in [1.165, 1.54) is 43.5 Å². The Morgan fingerprint density at radius 2 is 1.73 bits per heavy atom. The SMILES string of the molecule is COc1cccc(CCC2CCN(CCc3ccc(F)cc3)CC2)c1.Cl. The van der Waals surface area contributed by atoms with Crippen molar-refractivity contribution < 1.29 is 9.13 Å². The number of methoxy groups -OCH3 is 1. The molecule has 0 saturated carbocycles. The molecule has 0 bridgehead atoms. The first-order valence-electron chi connectivity index (χ1n) is 9.32. The van der Waals surface area contributed by atoms with E-state index >= 15 is 0 Å². The van der Waals surface area contributed by atoms with Crippen LogP contribution in [-0.4, -0.2) is 31.6 Å². The lowest BCUT2D eigenvalue weighted by atomic mass is 9.90. The number of aryl methyl sites for hydroxylation is 1.